The van der Waals surface area contributed by atoms with E-state index in [1.807, 2.05) is 6.92 Å². The van der Waals surface area contributed by atoms with Gasteiger partial charge >= 0.3 is 12.1 Å². The molecule has 2 aromatic carbocycles. The number of hydrogen-bond donors (Lipinski definition) is 1. The summed E-state index contributed by atoms with van der Waals surface area (Å²) >= 11 is 0. The second kappa shape index (κ2) is 7.29. The number of para-hydroxylation sites is 1. The van der Waals surface area contributed by atoms with Crippen LogP contribution < -0.4 is 5.32 Å². The molecule has 2 heterocycles. The lowest BCUT2D eigenvalue weighted by molar-refractivity contribution is -0.159. The molecule has 0 bridgehead atoms. The molecule has 1 amide bonds. The van der Waals surface area contributed by atoms with Crippen LogP contribution in [0.5, 0.6) is 0 Å². The number of carbonyl (C=O) groups excluding carboxylic acids is 1. The number of aryl methyl sites for hydroxylation is 1. The Balaban J connectivity index is 1.64. The monoisotopic (exact) mass is 418 g/mol. The van der Waals surface area contributed by atoms with E-state index in [2.05, 4.69) is 20.0 Å². The molecule has 0 aliphatic heterocycles. The zero-order valence-electron chi connectivity index (χ0n) is 15.5. The van der Waals surface area contributed by atoms with Crippen LogP contribution in [0.2, 0.25) is 0 Å². The number of benzene rings is 2. The lowest BCUT2D eigenvalue weighted by atomic mass is 10.1. The number of nitrogens with zero attached hydrogens (tertiary/aromatic N) is 3. The highest BCUT2D eigenvalue weighted by Crippen LogP contribution is 2.31. The summed E-state index contributed by atoms with van der Waals surface area (Å²) in [6.07, 6.45) is -3.01. The van der Waals surface area contributed by atoms with E-state index in [9.17, 15) is 22.4 Å². The number of rotatable bonds is 4. The molecule has 0 aliphatic rings. The summed E-state index contributed by atoms with van der Waals surface area (Å²) in [5.74, 6) is -2.67. The molecule has 4 aromatic rings. The molecule has 0 atom stereocenters. The maximum atomic E-state index is 13.7. The summed E-state index contributed by atoms with van der Waals surface area (Å²) in [7, 11) is 0. The van der Waals surface area contributed by atoms with E-state index in [1.54, 1.807) is 35.0 Å². The zero-order valence-corrected chi connectivity index (χ0v) is 15.5. The average molecular weight is 418 g/mol. The fourth-order valence-electron chi connectivity index (χ4n) is 3.11. The van der Waals surface area contributed by atoms with Crippen molar-refractivity contribution < 1.29 is 26.9 Å². The second-order valence-corrected chi connectivity index (χ2v) is 6.62. The predicted octanol–water partition coefficient (Wildman–Crippen LogP) is 4.80. The third-order valence-electron chi connectivity index (χ3n) is 4.47. The quantitative estimate of drug-likeness (QED) is 0.484. The summed E-state index contributed by atoms with van der Waals surface area (Å²) in [6.45, 7) is 1.71. The lowest BCUT2D eigenvalue weighted by Crippen LogP contribution is -2.18. The molecule has 10 heteroatoms. The Hall–Kier alpha value is -3.69. The number of alkyl halides is 3. The Bertz CT molecular complexity index is 1240. The van der Waals surface area contributed by atoms with Gasteiger partial charge in [-0.15, -0.1) is 0 Å². The molecule has 6 nitrogen and oxygen atoms in total. The Morgan fingerprint density at radius 3 is 2.67 bits per heavy atom. The van der Waals surface area contributed by atoms with Crippen LogP contribution >= 0.6 is 0 Å². The molecule has 0 radical (unpaired) electrons. The number of fused-ring (bicyclic) bond motifs is 1. The van der Waals surface area contributed by atoms with Crippen molar-refractivity contribution in [2.45, 2.75) is 19.6 Å². The van der Waals surface area contributed by atoms with Crippen molar-refractivity contribution in [1.29, 1.82) is 0 Å². The normalized spacial score (nSPS) is 11.8. The highest BCUT2D eigenvalue weighted by molar-refractivity contribution is 5.93. The lowest BCUT2D eigenvalue weighted by Gasteiger charge is -2.08. The second-order valence-electron chi connectivity index (χ2n) is 6.62. The van der Waals surface area contributed by atoms with Crippen molar-refractivity contribution >= 4 is 22.5 Å². The minimum atomic E-state index is -4.74. The van der Waals surface area contributed by atoms with E-state index >= 15 is 0 Å². The van der Waals surface area contributed by atoms with Crippen molar-refractivity contribution in [3.8, 4) is 11.4 Å². The molecule has 0 spiro atoms. The molecular weight excluding hydrogens is 404 g/mol. The number of carbonyl (C=O) groups is 1. The van der Waals surface area contributed by atoms with E-state index in [-0.39, 0.29) is 18.1 Å². The first kappa shape index (κ1) is 19.6. The van der Waals surface area contributed by atoms with Crippen molar-refractivity contribution in [2.24, 2.45) is 0 Å². The van der Waals surface area contributed by atoms with Crippen molar-refractivity contribution in [3.63, 3.8) is 0 Å². The number of aromatic nitrogens is 3. The number of nitrogens with one attached hydrogen (secondary N) is 1. The van der Waals surface area contributed by atoms with Crippen LogP contribution in [0.4, 0.5) is 23.2 Å². The molecule has 0 unspecified atom stereocenters. The maximum Gasteiger partial charge on any atom is 0.471 e. The van der Waals surface area contributed by atoms with Gasteiger partial charge in [0.2, 0.25) is 11.7 Å². The van der Waals surface area contributed by atoms with Gasteiger partial charge in [0.15, 0.2) is 0 Å². The number of amides is 1. The number of hydrogen-bond acceptors (Lipinski definition) is 4. The first-order chi connectivity index (χ1) is 14.2. The standard InChI is InChI=1S/C20H14F4N4O2/c1-11-9-28(10-17(29)25-15-5-3-2-4-14(15)21)16-8-12(6-7-13(11)16)18-26-19(30-27-18)20(22,23)24/h2-9H,10H2,1H3,(H,25,29). The first-order valence-electron chi connectivity index (χ1n) is 8.77. The minimum Gasteiger partial charge on any atom is -0.338 e. The van der Waals surface area contributed by atoms with E-state index < -0.39 is 23.8 Å². The molecule has 0 aliphatic carbocycles. The van der Waals surface area contributed by atoms with Crippen LogP contribution in [0, 0.1) is 12.7 Å². The third-order valence-corrected chi connectivity index (χ3v) is 4.47. The smallest absolute Gasteiger partial charge is 0.338 e. The van der Waals surface area contributed by atoms with Crippen LogP contribution in [-0.4, -0.2) is 20.6 Å². The van der Waals surface area contributed by atoms with Crippen molar-refractivity contribution in [3.05, 3.63) is 65.9 Å². The predicted molar refractivity (Wildman–Crippen MR) is 100.0 cm³/mol. The minimum absolute atomic E-state index is 0.0582. The van der Waals surface area contributed by atoms with E-state index in [0.29, 0.717) is 11.1 Å². The van der Waals surface area contributed by atoms with Crippen LogP contribution in [-0.2, 0) is 17.5 Å². The SMILES string of the molecule is Cc1cn(CC(=O)Nc2ccccc2F)c2cc(-c3noc(C(F)(F)F)n3)ccc12. The Morgan fingerprint density at radius 1 is 1.20 bits per heavy atom. The molecule has 0 saturated heterocycles. The highest BCUT2D eigenvalue weighted by Gasteiger charge is 2.38. The zero-order chi connectivity index (χ0) is 21.5. The Labute approximate surface area is 167 Å². The summed E-state index contributed by atoms with van der Waals surface area (Å²) in [6, 6.07) is 10.6. The fraction of sp³-hybridized carbons (Fsp3) is 0.150. The van der Waals surface area contributed by atoms with Gasteiger partial charge in [0.1, 0.15) is 12.4 Å². The topological polar surface area (TPSA) is 73.0 Å². The Kier molecular flexibility index (Phi) is 4.76. The molecule has 1 N–H and O–H groups in total. The summed E-state index contributed by atoms with van der Waals surface area (Å²) in [5.41, 5.74) is 1.81. The maximum absolute atomic E-state index is 13.7. The largest absolute Gasteiger partial charge is 0.471 e. The van der Waals surface area contributed by atoms with E-state index in [1.165, 1.54) is 18.2 Å². The summed E-state index contributed by atoms with van der Waals surface area (Å²) in [4.78, 5) is 15.8. The van der Waals surface area contributed by atoms with Crippen LogP contribution in [0.15, 0.2) is 53.2 Å². The van der Waals surface area contributed by atoms with Gasteiger partial charge in [0, 0.05) is 22.7 Å². The first-order valence-corrected chi connectivity index (χ1v) is 8.77. The summed E-state index contributed by atoms with van der Waals surface area (Å²) in [5, 5.41) is 6.69. The van der Waals surface area contributed by atoms with Gasteiger partial charge in [0.25, 0.3) is 0 Å². The van der Waals surface area contributed by atoms with Gasteiger partial charge in [-0.05, 0) is 30.7 Å². The Morgan fingerprint density at radius 2 is 1.97 bits per heavy atom. The van der Waals surface area contributed by atoms with Gasteiger partial charge in [-0.3, -0.25) is 4.79 Å². The molecule has 0 saturated carbocycles. The van der Waals surface area contributed by atoms with Gasteiger partial charge in [-0.25, -0.2) is 4.39 Å². The summed E-state index contributed by atoms with van der Waals surface area (Å²) < 4.78 is 57.8. The van der Waals surface area contributed by atoms with Crippen LogP contribution in [0.25, 0.3) is 22.3 Å². The number of anilines is 1. The van der Waals surface area contributed by atoms with Crippen molar-refractivity contribution in [2.75, 3.05) is 5.32 Å². The molecule has 0 fully saturated rings. The van der Waals surface area contributed by atoms with Gasteiger partial charge < -0.3 is 14.4 Å². The molecular formula is C20H14F4N4O2. The van der Waals surface area contributed by atoms with Gasteiger partial charge in [-0.2, -0.15) is 18.2 Å². The van der Waals surface area contributed by atoms with Crippen LogP contribution in [0.1, 0.15) is 11.5 Å². The molecule has 4 rings (SSSR count). The molecule has 30 heavy (non-hydrogen) atoms. The highest BCUT2D eigenvalue weighted by atomic mass is 19.4. The van der Waals surface area contributed by atoms with E-state index in [0.717, 1.165) is 10.9 Å². The number of halogens is 4. The average Bonchev–Trinajstić information content (AvgIpc) is 3.29. The van der Waals surface area contributed by atoms with Gasteiger partial charge in [-0.1, -0.05) is 29.4 Å². The fourth-order valence-corrected chi connectivity index (χ4v) is 3.11. The third kappa shape index (κ3) is 3.76. The molecule has 2 aromatic heterocycles. The van der Waals surface area contributed by atoms with Gasteiger partial charge in [0.05, 0.1) is 5.69 Å². The van der Waals surface area contributed by atoms with Crippen LogP contribution in [0.3, 0.4) is 0 Å². The molecule has 154 valence electrons. The van der Waals surface area contributed by atoms with Crippen molar-refractivity contribution in [1.82, 2.24) is 14.7 Å². The van der Waals surface area contributed by atoms with E-state index in [4.69, 9.17) is 0 Å².